The molecule has 1 aliphatic rings. The molecule has 5 nitrogen and oxygen atoms in total. The van der Waals surface area contributed by atoms with Crippen LogP contribution in [0.25, 0.3) is 11.8 Å². The summed E-state index contributed by atoms with van der Waals surface area (Å²) >= 11 is 6.89. The second-order valence-corrected chi connectivity index (χ2v) is 8.69. The van der Waals surface area contributed by atoms with Crippen molar-refractivity contribution in [1.82, 2.24) is 9.47 Å². The Bertz CT molecular complexity index is 1200. The van der Waals surface area contributed by atoms with Gasteiger partial charge in [-0.05, 0) is 73.1 Å². The molecule has 158 valence electrons. The third-order valence-corrected chi connectivity index (χ3v) is 6.36. The zero-order chi connectivity index (χ0) is 22.1. The van der Waals surface area contributed by atoms with Crippen LogP contribution in [0.5, 0.6) is 5.75 Å². The summed E-state index contributed by atoms with van der Waals surface area (Å²) in [5, 5.41) is 0.344. The molecule has 2 aromatic carbocycles. The molecule has 1 aromatic heterocycles. The smallest absolute Gasteiger partial charge is 0.293 e. The number of benzene rings is 2. The van der Waals surface area contributed by atoms with Gasteiger partial charge in [-0.1, -0.05) is 29.8 Å². The summed E-state index contributed by atoms with van der Waals surface area (Å²) < 4.78 is 7.44. The predicted molar refractivity (Wildman–Crippen MR) is 125 cm³/mol. The lowest BCUT2D eigenvalue weighted by Crippen LogP contribution is -2.27. The van der Waals surface area contributed by atoms with E-state index in [4.69, 9.17) is 16.3 Å². The summed E-state index contributed by atoms with van der Waals surface area (Å²) in [6, 6.07) is 17.0. The standard InChI is InChI=1S/C24H21ClN2O3S/c1-15-11-18(16(2)27(15)20-5-4-6-21(13-20)30-3)12-22-23(28)26(24(29)31-22)14-17-7-9-19(25)10-8-17/h4-13H,14H2,1-3H3/b22-12-. The molecule has 31 heavy (non-hydrogen) atoms. The number of methoxy groups -OCH3 is 1. The monoisotopic (exact) mass is 452 g/mol. The molecule has 4 rings (SSSR count). The van der Waals surface area contributed by atoms with Crippen molar-refractivity contribution in [3.05, 3.63) is 87.0 Å². The molecule has 2 amide bonds. The van der Waals surface area contributed by atoms with E-state index in [2.05, 4.69) is 4.57 Å². The first-order valence-corrected chi connectivity index (χ1v) is 10.9. The third kappa shape index (κ3) is 4.27. The SMILES string of the molecule is COc1cccc(-n2c(C)cc(/C=C3\SC(=O)N(Cc4ccc(Cl)cc4)C3=O)c2C)c1. The molecule has 0 spiro atoms. The lowest BCUT2D eigenvalue weighted by Gasteiger charge is -2.12. The lowest BCUT2D eigenvalue weighted by molar-refractivity contribution is -0.123. The Morgan fingerprint density at radius 3 is 2.52 bits per heavy atom. The van der Waals surface area contributed by atoms with Gasteiger partial charge in [-0.3, -0.25) is 14.5 Å². The fourth-order valence-electron chi connectivity index (χ4n) is 3.63. The maximum Gasteiger partial charge on any atom is 0.293 e. The Hall–Kier alpha value is -2.96. The first-order valence-electron chi connectivity index (χ1n) is 9.70. The maximum atomic E-state index is 12.9. The number of hydrogen-bond acceptors (Lipinski definition) is 4. The van der Waals surface area contributed by atoms with E-state index in [1.54, 1.807) is 25.3 Å². The Balaban J connectivity index is 1.62. The van der Waals surface area contributed by atoms with E-state index in [0.717, 1.165) is 45.7 Å². The Labute approximate surface area is 190 Å². The van der Waals surface area contributed by atoms with Crippen LogP contribution in [0.1, 0.15) is 22.5 Å². The van der Waals surface area contributed by atoms with Crippen LogP contribution in [0.15, 0.2) is 59.5 Å². The van der Waals surface area contributed by atoms with Gasteiger partial charge in [0.1, 0.15) is 5.75 Å². The highest BCUT2D eigenvalue weighted by Crippen LogP contribution is 2.35. The number of amides is 2. The molecular formula is C24H21ClN2O3S. The second-order valence-electron chi connectivity index (χ2n) is 7.26. The van der Waals surface area contributed by atoms with Crippen LogP contribution in [-0.4, -0.2) is 27.7 Å². The summed E-state index contributed by atoms with van der Waals surface area (Å²) in [7, 11) is 1.64. The lowest BCUT2D eigenvalue weighted by atomic mass is 10.2. The highest BCUT2D eigenvalue weighted by Gasteiger charge is 2.35. The van der Waals surface area contributed by atoms with E-state index >= 15 is 0 Å². The average molecular weight is 453 g/mol. The van der Waals surface area contributed by atoms with Gasteiger partial charge in [0.2, 0.25) is 0 Å². The maximum absolute atomic E-state index is 12.9. The fourth-order valence-corrected chi connectivity index (χ4v) is 4.59. The van der Waals surface area contributed by atoms with Gasteiger partial charge >= 0.3 is 0 Å². The average Bonchev–Trinajstić information content (AvgIpc) is 3.19. The summed E-state index contributed by atoms with van der Waals surface area (Å²) in [6.07, 6.45) is 1.80. The molecule has 2 heterocycles. The van der Waals surface area contributed by atoms with Crippen LogP contribution in [0.4, 0.5) is 4.79 Å². The number of hydrogen-bond donors (Lipinski definition) is 0. The Morgan fingerprint density at radius 1 is 1.06 bits per heavy atom. The molecule has 0 saturated carbocycles. The normalized spacial score (nSPS) is 15.2. The van der Waals surface area contributed by atoms with Crippen molar-refractivity contribution >= 4 is 40.6 Å². The van der Waals surface area contributed by atoms with E-state index < -0.39 is 0 Å². The van der Waals surface area contributed by atoms with E-state index in [0.29, 0.717) is 9.93 Å². The van der Waals surface area contributed by atoms with Gasteiger partial charge in [0.15, 0.2) is 0 Å². The summed E-state index contributed by atoms with van der Waals surface area (Å²) in [5.41, 5.74) is 4.74. The van der Waals surface area contributed by atoms with Crippen LogP contribution in [0.3, 0.4) is 0 Å². The van der Waals surface area contributed by atoms with E-state index in [-0.39, 0.29) is 17.7 Å². The van der Waals surface area contributed by atoms with Gasteiger partial charge in [-0.2, -0.15) is 0 Å². The van der Waals surface area contributed by atoms with Crippen LogP contribution in [0, 0.1) is 13.8 Å². The molecule has 1 fully saturated rings. The molecule has 0 bridgehead atoms. The predicted octanol–water partition coefficient (Wildman–Crippen LogP) is 5.99. The first-order chi connectivity index (χ1) is 14.9. The zero-order valence-corrected chi connectivity index (χ0v) is 19.0. The van der Waals surface area contributed by atoms with Crippen molar-refractivity contribution in [2.45, 2.75) is 20.4 Å². The highest BCUT2D eigenvalue weighted by atomic mass is 35.5. The summed E-state index contributed by atoms with van der Waals surface area (Å²) in [5.74, 6) is 0.492. The van der Waals surface area contributed by atoms with Crippen LogP contribution in [0.2, 0.25) is 5.02 Å². The second kappa shape index (κ2) is 8.65. The topological polar surface area (TPSA) is 51.5 Å². The highest BCUT2D eigenvalue weighted by molar-refractivity contribution is 8.18. The summed E-state index contributed by atoms with van der Waals surface area (Å²) in [6.45, 7) is 4.23. The number of rotatable bonds is 5. The number of nitrogens with zero attached hydrogens (tertiary/aromatic N) is 2. The molecule has 0 N–H and O–H groups in total. The molecule has 1 saturated heterocycles. The molecule has 1 aliphatic heterocycles. The zero-order valence-electron chi connectivity index (χ0n) is 17.4. The van der Waals surface area contributed by atoms with Crippen molar-refractivity contribution in [3.63, 3.8) is 0 Å². The molecule has 7 heteroatoms. The number of aryl methyl sites for hydroxylation is 1. The molecule has 3 aromatic rings. The fraction of sp³-hybridized carbons (Fsp3) is 0.167. The third-order valence-electron chi connectivity index (χ3n) is 5.20. The van der Waals surface area contributed by atoms with Crippen molar-refractivity contribution < 1.29 is 14.3 Å². The Morgan fingerprint density at radius 2 is 1.81 bits per heavy atom. The molecule has 0 atom stereocenters. The van der Waals surface area contributed by atoms with Crippen molar-refractivity contribution in [2.75, 3.05) is 7.11 Å². The number of imide groups is 1. The van der Waals surface area contributed by atoms with E-state index in [9.17, 15) is 9.59 Å². The van der Waals surface area contributed by atoms with Gasteiger partial charge in [-0.25, -0.2) is 0 Å². The Kier molecular flexibility index (Phi) is 5.94. The van der Waals surface area contributed by atoms with Crippen molar-refractivity contribution in [2.24, 2.45) is 0 Å². The molecule has 0 aliphatic carbocycles. The van der Waals surface area contributed by atoms with Gasteiger partial charge in [0.05, 0.1) is 18.6 Å². The number of ether oxygens (including phenoxy) is 1. The van der Waals surface area contributed by atoms with Crippen LogP contribution >= 0.6 is 23.4 Å². The molecular weight excluding hydrogens is 432 g/mol. The van der Waals surface area contributed by atoms with Crippen molar-refractivity contribution in [3.8, 4) is 11.4 Å². The number of carbonyl (C=O) groups excluding carboxylic acids is 2. The number of aromatic nitrogens is 1. The van der Waals surface area contributed by atoms with Gasteiger partial charge in [0.25, 0.3) is 11.1 Å². The van der Waals surface area contributed by atoms with Crippen molar-refractivity contribution in [1.29, 1.82) is 0 Å². The van der Waals surface area contributed by atoms with Gasteiger partial charge in [0, 0.05) is 28.2 Å². The minimum atomic E-state index is -0.281. The molecule has 0 unspecified atom stereocenters. The van der Waals surface area contributed by atoms with Crippen LogP contribution < -0.4 is 4.74 Å². The first kappa shape index (κ1) is 21.3. The minimum absolute atomic E-state index is 0.224. The number of halogens is 1. The van der Waals surface area contributed by atoms with Gasteiger partial charge < -0.3 is 9.30 Å². The largest absolute Gasteiger partial charge is 0.497 e. The van der Waals surface area contributed by atoms with Crippen LogP contribution in [-0.2, 0) is 11.3 Å². The summed E-state index contributed by atoms with van der Waals surface area (Å²) in [4.78, 5) is 27.1. The minimum Gasteiger partial charge on any atom is -0.497 e. The number of thioether (sulfide) groups is 1. The number of carbonyl (C=O) groups is 2. The van der Waals surface area contributed by atoms with E-state index in [1.165, 1.54) is 4.90 Å². The quantitative estimate of drug-likeness (QED) is 0.446. The van der Waals surface area contributed by atoms with E-state index in [1.807, 2.05) is 56.3 Å². The molecule has 0 radical (unpaired) electrons. The van der Waals surface area contributed by atoms with Gasteiger partial charge in [-0.15, -0.1) is 0 Å².